The summed E-state index contributed by atoms with van der Waals surface area (Å²) in [6, 6.07) is 11.2. The molecule has 3 aromatic rings. The molecule has 92 valence electrons. The molecule has 0 spiro atoms. The lowest BCUT2D eigenvalue weighted by Gasteiger charge is -2.11. The third kappa shape index (κ3) is 1.58. The van der Waals surface area contributed by atoms with Crippen LogP contribution in [0, 0.1) is 6.92 Å². The molecule has 0 N–H and O–H groups in total. The second-order valence-corrected chi connectivity index (χ2v) is 5.91. The molecule has 0 atom stereocenters. The minimum Gasteiger partial charge on any atom is -0.135 e. The summed E-state index contributed by atoms with van der Waals surface area (Å²) in [5, 5.41) is 2.93. The van der Waals surface area contributed by atoms with E-state index in [4.69, 9.17) is 0 Å². The van der Waals surface area contributed by atoms with Crippen molar-refractivity contribution in [1.29, 1.82) is 0 Å². The van der Waals surface area contributed by atoms with Crippen LogP contribution in [-0.4, -0.2) is 0 Å². The Kier molecular flexibility index (Phi) is 2.87. The highest BCUT2D eigenvalue weighted by molar-refractivity contribution is 7.25. The van der Waals surface area contributed by atoms with E-state index in [0.717, 1.165) is 12.8 Å². The summed E-state index contributed by atoms with van der Waals surface area (Å²) < 4.78 is 2.86. The standard InChI is InChI=1S/C17H18S/c1-4-12-11(3)10-16-17(13(12)5-2)14-8-6-7-9-15(14)18-16/h6-10H,4-5H2,1-3H3. The predicted molar refractivity (Wildman–Crippen MR) is 82.8 cm³/mol. The first-order valence-electron chi connectivity index (χ1n) is 6.68. The van der Waals surface area contributed by atoms with E-state index in [-0.39, 0.29) is 0 Å². The van der Waals surface area contributed by atoms with E-state index in [1.165, 1.54) is 25.7 Å². The molecular formula is C17H18S. The van der Waals surface area contributed by atoms with Gasteiger partial charge in [0, 0.05) is 20.2 Å². The fourth-order valence-electron chi connectivity index (χ4n) is 3.03. The van der Waals surface area contributed by atoms with E-state index >= 15 is 0 Å². The highest BCUT2D eigenvalue weighted by Gasteiger charge is 2.13. The maximum absolute atomic E-state index is 2.37. The summed E-state index contributed by atoms with van der Waals surface area (Å²) >= 11 is 1.92. The Morgan fingerprint density at radius 2 is 1.67 bits per heavy atom. The summed E-state index contributed by atoms with van der Waals surface area (Å²) in [6.07, 6.45) is 2.26. The largest absolute Gasteiger partial charge is 0.135 e. The summed E-state index contributed by atoms with van der Waals surface area (Å²) in [6.45, 7) is 6.80. The smallest absolute Gasteiger partial charge is 0.0361 e. The molecule has 3 rings (SSSR count). The van der Waals surface area contributed by atoms with E-state index in [0.29, 0.717) is 0 Å². The van der Waals surface area contributed by atoms with Gasteiger partial charge in [0.05, 0.1) is 0 Å². The Morgan fingerprint density at radius 1 is 0.944 bits per heavy atom. The lowest BCUT2D eigenvalue weighted by atomic mass is 9.93. The SMILES string of the molecule is CCc1c(C)cc2sc3ccccc3c2c1CC. The van der Waals surface area contributed by atoms with E-state index < -0.39 is 0 Å². The van der Waals surface area contributed by atoms with Gasteiger partial charge in [0.15, 0.2) is 0 Å². The van der Waals surface area contributed by atoms with Crippen molar-refractivity contribution < 1.29 is 0 Å². The van der Waals surface area contributed by atoms with Crippen molar-refractivity contribution in [2.45, 2.75) is 33.6 Å². The number of fused-ring (bicyclic) bond motifs is 3. The summed E-state index contributed by atoms with van der Waals surface area (Å²) in [5.41, 5.74) is 4.56. The third-order valence-corrected chi connectivity index (χ3v) is 4.94. The third-order valence-electron chi connectivity index (χ3n) is 3.82. The minimum absolute atomic E-state index is 1.13. The first-order valence-corrected chi connectivity index (χ1v) is 7.50. The lowest BCUT2D eigenvalue weighted by molar-refractivity contribution is 1.03. The van der Waals surface area contributed by atoms with E-state index in [2.05, 4.69) is 51.1 Å². The van der Waals surface area contributed by atoms with Gasteiger partial charge < -0.3 is 0 Å². The Balaban J connectivity index is 2.54. The van der Waals surface area contributed by atoms with Crippen molar-refractivity contribution >= 4 is 31.5 Å². The van der Waals surface area contributed by atoms with Gasteiger partial charge in [-0.05, 0) is 48.6 Å². The molecule has 18 heavy (non-hydrogen) atoms. The van der Waals surface area contributed by atoms with Crippen LogP contribution in [0.15, 0.2) is 30.3 Å². The second kappa shape index (κ2) is 4.40. The van der Waals surface area contributed by atoms with Gasteiger partial charge in [-0.25, -0.2) is 0 Å². The van der Waals surface area contributed by atoms with Crippen molar-refractivity contribution in [3.8, 4) is 0 Å². The van der Waals surface area contributed by atoms with Gasteiger partial charge in [-0.3, -0.25) is 0 Å². The van der Waals surface area contributed by atoms with Gasteiger partial charge in [-0.2, -0.15) is 0 Å². The fraction of sp³-hybridized carbons (Fsp3) is 0.294. The van der Waals surface area contributed by atoms with Crippen LogP contribution < -0.4 is 0 Å². The molecule has 0 saturated heterocycles. The number of benzene rings is 2. The topological polar surface area (TPSA) is 0 Å². The van der Waals surface area contributed by atoms with E-state index in [9.17, 15) is 0 Å². The number of hydrogen-bond donors (Lipinski definition) is 0. The summed E-state index contributed by atoms with van der Waals surface area (Å²) in [4.78, 5) is 0. The van der Waals surface area contributed by atoms with Gasteiger partial charge in [0.1, 0.15) is 0 Å². The van der Waals surface area contributed by atoms with Crippen molar-refractivity contribution in [2.75, 3.05) is 0 Å². The van der Waals surface area contributed by atoms with Crippen molar-refractivity contribution in [3.05, 3.63) is 47.0 Å². The fourth-order valence-corrected chi connectivity index (χ4v) is 4.27. The molecule has 0 unspecified atom stereocenters. The molecule has 0 bridgehead atoms. The van der Waals surface area contributed by atoms with Crippen LogP contribution in [0.3, 0.4) is 0 Å². The molecule has 1 heterocycles. The molecule has 0 fully saturated rings. The molecule has 0 aliphatic rings. The molecule has 0 aliphatic heterocycles. The quantitative estimate of drug-likeness (QED) is 0.567. The average molecular weight is 254 g/mol. The zero-order chi connectivity index (χ0) is 12.7. The molecular weight excluding hydrogens is 236 g/mol. The van der Waals surface area contributed by atoms with Crippen molar-refractivity contribution in [2.24, 2.45) is 0 Å². The summed E-state index contributed by atoms with van der Waals surface area (Å²) in [7, 11) is 0. The predicted octanol–water partition coefficient (Wildman–Crippen LogP) is 5.49. The molecule has 0 saturated carbocycles. The number of aryl methyl sites for hydroxylation is 2. The first kappa shape index (κ1) is 11.7. The molecule has 0 amide bonds. The molecule has 0 nitrogen and oxygen atoms in total. The van der Waals surface area contributed by atoms with Crippen molar-refractivity contribution in [1.82, 2.24) is 0 Å². The molecule has 2 aromatic carbocycles. The Hall–Kier alpha value is -1.34. The average Bonchev–Trinajstić information content (AvgIpc) is 2.74. The van der Waals surface area contributed by atoms with Gasteiger partial charge >= 0.3 is 0 Å². The van der Waals surface area contributed by atoms with Crippen molar-refractivity contribution in [3.63, 3.8) is 0 Å². The highest BCUT2D eigenvalue weighted by atomic mass is 32.1. The summed E-state index contributed by atoms with van der Waals surface area (Å²) in [5.74, 6) is 0. The van der Waals surface area contributed by atoms with Crippen LogP contribution >= 0.6 is 11.3 Å². The number of hydrogen-bond acceptors (Lipinski definition) is 1. The highest BCUT2D eigenvalue weighted by Crippen LogP contribution is 2.38. The molecule has 1 heteroatoms. The Morgan fingerprint density at radius 3 is 2.39 bits per heavy atom. The van der Waals surface area contributed by atoms with Crippen LogP contribution in [0.2, 0.25) is 0 Å². The Bertz CT molecular complexity index is 719. The normalized spacial score (nSPS) is 11.5. The van der Waals surface area contributed by atoms with Crippen LogP contribution in [0.5, 0.6) is 0 Å². The maximum Gasteiger partial charge on any atom is 0.0361 e. The zero-order valence-electron chi connectivity index (χ0n) is 11.2. The van der Waals surface area contributed by atoms with Gasteiger partial charge in [-0.1, -0.05) is 32.0 Å². The van der Waals surface area contributed by atoms with Crippen LogP contribution in [0.4, 0.5) is 0 Å². The molecule has 0 aliphatic carbocycles. The lowest BCUT2D eigenvalue weighted by Crippen LogP contribution is -1.95. The monoisotopic (exact) mass is 254 g/mol. The van der Waals surface area contributed by atoms with Gasteiger partial charge in [0.25, 0.3) is 0 Å². The number of thiophene rings is 1. The van der Waals surface area contributed by atoms with Crippen LogP contribution in [0.1, 0.15) is 30.5 Å². The Labute approximate surface area is 112 Å². The van der Waals surface area contributed by atoms with Gasteiger partial charge in [-0.15, -0.1) is 11.3 Å². The first-order chi connectivity index (χ1) is 8.76. The number of rotatable bonds is 2. The molecule has 1 aromatic heterocycles. The second-order valence-electron chi connectivity index (χ2n) is 4.83. The van der Waals surface area contributed by atoms with Crippen LogP contribution in [-0.2, 0) is 12.8 Å². The molecule has 0 radical (unpaired) electrons. The van der Waals surface area contributed by atoms with Crippen LogP contribution in [0.25, 0.3) is 20.2 Å². The van der Waals surface area contributed by atoms with E-state index in [1.807, 2.05) is 11.3 Å². The van der Waals surface area contributed by atoms with E-state index in [1.54, 1.807) is 11.1 Å². The maximum atomic E-state index is 2.37. The zero-order valence-corrected chi connectivity index (χ0v) is 12.0. The van der Waals surface area contributed by atoms with Gasteiger partial charge in [0.2, 0.25) is 0 Å². The minimum atomic E-state index is 1.13.